The molecule has 0 spiro atoms. The van der Waals surface area contributed by atoms with Crippen LogP contribution in [0.3, 0.4) is 0 Å². The molecule has 3 heteroatoms. The quantitative estimate of drug-likeness (QED) is 0.719. The molecule has 1 fully saturated rings. The predicted molar refractivity (Wildman–Crippen MR) is 73.5 cm³/mol. The topological polar surface area (TPSA) is 9.23 Å². The molecule has 0 amide bonds. The van der Waals surface area contributed by atoms with Crippen LogP contribution in [-0.4, -0.2) is 13.0 Å². The van der Waals surface area contributed by atoms with E-state index in [0.29, 0.717) is 5.88 Å². The van der Waals surface area contributed by atoms with E-state index in [0.717, 1.165) is 23.6 Å². The lowest BCUT2D eigenvalue weighted by Crippen LogP contribution is -2.31. The monoisotopic (exact) mass is 272 g/mol. The third-order valence-electron chi connectivity index (χ3n) is 3.80. The van der Waals surface area contributed by atoms with Crippen molar-refractivity contribution in [2.75, 3.05) is 13.0 Å². The Kier molecular flexibility index (Phi) is 4.22. The molecule has 1 aliphatic rings. The van der Waals surface area contributed by atoms with Gasteiger partial charge in [0.2, 0.25) is 0 Å². The van der Waals surface area contributed by atoms with Crippen LogP contribution in [0.2, 0.25) is 5.02 Å². The number of alkyl halides is 1. The largest absolute Gasteiger partial charge is 0.496 e. The summed E-state index contributed by atoms with van der Waals surface area (Å²) in [7, 11) is 1.71. The lowest BCUT2D eigenvalue weighted by Gasteiger charge is -2.37. The highest BCUT2D eigenvalue weighted by atomic mass is 35.5. The first kappa shape index (κ1) is 13.0. The zero-order valence-electron chi connectivity index (χ0n) is 10.1. The molecule has 0 bridgehead atoms. The maximum absolute atomic E-state index is 6.25. The van der Waals surface area contributed by atoms with E-state index in [2.05, 4.69) is 0 Å². The number of methoxy groups -OCH3 is 1. The minimum atomic E-state index is 0.0516. The SMILES string of the molecule is COc1ccc(Cl)cc1C1(CCl)CCCCC1. The third-order valence-corrected chi connectivity index (χ3v) is 4.55. The Balaban J connectivity index is 2.44. The van der Waals surface area contributed by atoms with Gasteiger partial charge in [0, 0.05) is 21.9 Å². The van der Waals surface area contributed by atoms with Gasteiger partial charge in [-0.05, 0) is 31.0 Å². The van der Waals surface area contributed by atoms with Gasteiger partial charge in [0.1, 0.15) is 5.75 Å². The second-order valence-electron chi connectivity index (χ2n) is 4.82. The maximum Gasteiger partial charge on any atom is 0.122 e. The van der Waals surface area contributed by atoms with Crippen molar-refractivity contribution >= 4 is 23.2 Å². The summed E-state index contributed by atoms with van der Waals surface area (Å²) in [5.74, 6) is 1.56. The average molecular weight is 273 g/mol. The smallest absolute Gasteiger partial charge is 0.122 e. The maximum atomic E-state index is 6.25. The molecule has 1 aliphatic carbocycles. The van der Waals surface area contributed by atoms with Crippen LogP contribution in [0.1, 0.15) is 37.7 Å². The van der Waals surface area contributed by atoms with E-state index in [4.69, 9.17) is 27.9 Å². The molecular weight excluding hydrogens is 255 g/mol. The molecule has 94 valence electrons. The fourth-order valence-electron chi connectivity index (χ4n) is 2.80. The highest BCUT2D eigenvalue weighted by molar-refractivity contribution is 6.30. The van der Waals surface area contributed by atoms with Crippen molar-refractivity contribution in [3.8, 4) is 5.75 Å². The predicted octanol–water partition coefficient (Wildman–Crippen LogP) is 4.79. The van der Waals surface area contributed by atoms with E-state index >= 15 is 0 Å². The van der Waals surface area contributed by atoms with Crippen LogP contribution in [0, 0.1) is 0 Å². The molecule has 1 saturated carbocycles. The Morgan fingerprint density at radius 1 is 1.24 bits per heavy atom. The number of ether oxygens (including phenoxy) is 1. The lowest BCUT2D eigenvalue weighted by molar-refractivity contribution is 0.308. The molecule has 17 heavy (non-hydrogen) atoms. The van der Waals surface area contributed by atoms with Crippen LogP contribution < -0.4 is 4.74 Å². The first-order valence-electron chi connectivity index (χ1n) is 6.12. The van der Waals surface area contributed by atoms with Crippen molar-refractivity contribution in [1.29, 1.82) is 0 Å². The second kappa shape index (κ2) is 5.49. The summed E-state index contributed by atoms with van der Waals surface area (Å²) in [5.41, 5.74) is 1.23. The number of halogens is 2. The Morgan fingerprint density at radius 3 is 2.53 bits per heavy atom. The first-order valence-corrected chi connectivity index (χ1v) is 7.03. The van der Waals surface area contributed by atoms with Gasteiger partial charge in [-0.2, -0.15) is 0 Å². The van der Waals surface area contributed by atoms with E-state index < -0.39 is 0 Å². The van der Waals surface area contributed by atoms with Gasteiger partial charge in [0.25, 0.3) is 0 Å². The van der Waals surface area contributed by atoms with E-state index in [1.54, 1.807) is 7.11 Å². The summed E-state index contributed by atoms with van der Waals surface area (Å²) in [6, 6.07) is 5.84. The molecule has 0 aromatic heterocycles. The fourth-order valence-corrected chi connectivity index (χ4v) is 3.38. The molecule has 2 rings (SSSR count). The Morgan fingerprint density at radius 2 is 1.94 bits per heavy atom. The molecule has 0 N–H and O–H groups in total. The standard InChI is InChI=1S/C14H18Cl2O/c1-17-13-6-5-11(16)9-12(13)14(10-15)7-3-2-4-8-14/h5-6,9H,2-4,7-8,10H2,1H3. The number of hydrogen-bond donors (Lipinski definition) is 0. The highest BCUT2D eigenvalue weighted by Crippen LogP contribution is 2.44. The summed E-state index contributed by atoms with van der Waals surface area (Å²) in [6.07, 6.45) is 6.05. The number of hydrogen-bond acceptors (Lipinski definition) is 1. The van der Waals surface area contributed by atoms with Crippen molar-refractivity contribution in [2.45, 2.75) is 37.5 Å². The van der Waals surface area contributed by atoms with Crippen LogP contribution >= 0.6 is 23.2 Å². The molecule has 1 nitrogen and oxygen atoms in total. The summed E-state index contributed by atoms with van der Waals surface area (Å²) in [5, 5.41) is 0.760. The first-order chi connectivity index (χ1) is 8.22. The van der Waals surface area contributed by atoms with E-state index in [1.807, 2.05) is 18.2 Å². The summed E-state index contributed by atoms with van der Waals surface area (Å²) >= 11 is 12.4. The zero-order valence-corrected chi connectivity index (χ0v) is 11.7. The molecule has 1 aromatic carbocycles. The molecule has 0 unspecified atom stereocenters. The van der Waals surface area contributed by atoms with Crippen molar-refractivity contribution in [2.24, 2.45) is 0 Å². The summed E-state index contributed by atoms with van der Waals surface area (Å²) < 4.78 is 5.46. The van der Waals surface area contributed by atoms with Gasteiger partial charge in [-0.15, -0.1) is 11.6 Å². The summed E-state index contributed by atoms with van der Waals surface area (Å²) in [4.78, 5) is 0. The molecule has 0 atom stereocenters. The van der Waals surface area contributed by atoms with E-state index in [1.165, 1.54) is 24.8 Å². The minimum absolute atomic E-state index is 0.0516. The van der Waals surface area contributed by atoms with Gasteiger partial charge in [-0.25, -0.2) is 0 Å². The van der Waals surface area contributed by atoms with Crippen molar-refractivity contribution in [3.63, 3.8) is 0 Å². The second-order valence-corrected chi connectivity index (χ2v) is 5.52. The number of benzene rings is 1. The summed E-state index contributed by atoms with van der Waals surface area (Å²) in [6.45, 7) is 0. The fraction of sp³-hybridized carbons (Fsp3) is 0.571. The highest BCUT2D eigenvalue weighted by Gasteiger charge is 2.35. The zero-order chi connectivity index (χ0) is 12.3. The molecule has 0 aliphatic heterocycles. The van der Waals surface area contributed by atoms with Crippen LogP contribution in [0.15, 0.2) is 18.2 Å². The van der Waals surface area contributed by atoms with Crippen molar-refractivity contribution in [1.82, 2.24) is 0 Å². The molecule has 0 radical (unpaired) electrons. The van der Waals surface area contributed by atoms with Gasteiger partial charge >= 0.3 is 0 Å². The van der Waals surface area contributed by atoms with Gasteiger partial charge in [0.05, 0.1) is 7.11 Å². The number of rotatable bonds is 3. The normalized spacial score (nSPS) is 19.0. The molecule has 0 heterocycles. The lowest BCUT2D eigenvalue weighted by atomic mass is 9.70. The van der Waals surface area contributed by atoms with Crippen LogP contribution in [-0.2, 0) is 5.41 Å². The van der Waals surface area contributed by atoms with Crippen LogP contribution in [0.4, 0.5) is 0 Å². The van der Waals surface area contributed by atoms with Gasteiger partial charge < -0.3 is 4.74 Å². The Labute approximate surface area is 113 Å². The molecule has 1 aromatic rings. The Hall–Kier alpha value is -0.400. The molecule has 0 saturated heterocycles. The average Bonchev–Trinajstić information content (AvgIpc) is 2.39. The van der Waals surface area contributed by atoms with Gasteiger partial charge in [-0.3, -0.25) is 0 Å². The van der Waals surface area contributed by atoms with Gasteiger partial charge in [-0.1, -0.05) is 30.9 Å². The van der Waals surface area contributed by atoms with Crippen molar-refractivity contribution < 1.29 is 4.74 Å². The minimum Gasteiger partial charge on any atom is -0.496 e. The van der Waals surface area contributed by atoms with Gasteiger partial charge in [0.15, 0.2) is 0 Å². The molecular formula is C14H18Cl2O. The van der Waals surface area contributed by atoms with Crippen LogP contribution in [0.25, 0.3) is 0 Å². The van der Waals surface area contributed by atoms with E-state index in [-0.39, 0.29) is 5.41 Å². The van der Waals surface area contributed by atoms with Crippen molar-refractivity contribution in [3.05, 3.63) is 28.8 Å². The Bertz CT molecular complexity index is 384. The van der Waals surface area contributed by atoms with Crippen LogP contribution in [0.5, 0.6) is 5.75 Å². The van der Waals surface area contributed by atoms with E-state index in [9.17, 15) is 0 Å². The third kappa shape index (κ3) is 2.56.